The fourth-order valence-electron chi connectivity index (χ4n) is 1.88. The summed E-state index contributed by atoms with van der Waals surface area (Å²) >= 11 is 5.81. The Morgan fingerprint density at radius 2 is 1.93 bits per heavy atom. The van der Waals surface area contributed by atoms with E-state index in [1.807, 2.05) is 0 Å². The van der Waals surface area contributed by atoms with Crippen molar-refractivity contribution >= 4 is 11.6 Å². The van der Waals surface area contributed by atoms with Crippen LogP contribution in [0.1, 0.15) is 30.5 Å². The predicted molar refractivity (Wildman–Crippen MR) is 54.9 cm³/mol. The van der Waals surface area contributed by atoms with Gasteiger partial charge in [-0.2, -0.15) is 4.98 Å². The Hall–Kier alpha value is -0.830. The van der Waals surface area contributed by atoms with E-state index in [0.29, 0.717) is 11.2 Å². The van der Waals surface area contributed by atoms with Crippen molar-refractivity contribution in [3.05, 3.63) is 16.5 Å². The van der Waals surface area contributed by atoms with E-state index >= 15 is 0 Å². The molecule has 0 amide bonds. The highest BCUT2D eigenvalue weighted by molar-refractivity contribution is 6.28. The van der Waals surface area contributed by atoms with Crippen LogP contribution in [0.2, 0.25) is 5.28 Å². The van der Waals surface area contributed by atoms with E-state index in [1.54, 1.807) is 7.11 Å². The standard InChI is InChI=1S/C10H13ClN2O/c1-14-9-7-5-3-2-4-6-8(7)12-10(11)13-9/h2-6H2,1H3. The van der Waals surface area contributed by atoms with Crippen molar-refractivity contribution in [1.29, 1.82) is 0 Å². The summed E-state index contributed by atoms with van der Waals surface area (Å²) in [5, 5.41) is 0.294. The van der Waals surface area contributed by atoms with Crippen LogP contribution in [0, 0.1) is 0 Å². The maximum atomic E-state index is 5.81. The molecule has 0 saturated heterocycles. The third kappa shape index (κ3) is 1.82. The molecular formula is C10H13ClN2O. The van der Waals surface area contributed by atoms with Gasteiger partial charge in [-0.05, 0) is 37.3 Å². The minimum atomic E-state index is 0.294. The van der Waals surface area contributed by atoms with Crippen LogP contribution in [0.5, 0.6) is 5.88 Å². The third-order valence-corrected chi connectivity index (χ3v) is 2.73. The van der Waals surface area contributed by atoms with Crippen molar-refractivity contribution in [2.24, 2.45) is 0 Å². The van der Waals surface area contributed by atoms with Crippen LogP contribution < -0.4 is 4.74 Å². The van der Waals surface area contributed by atoms with E-state index in [1.165, 1.54) is 19.3 Å². The molecule has 0 fully saturated rings. The molecule has 1 aliphatic carbocycles. The first-order valence-electron chi connectivity index (χ1n) is 4.90. The summed E-state index contributed by atoms with van der Waals surface area (Å²) in [4.78, 5) is 8.34. The van der Waals surface area contributed by atoms with Crippen molar-refractivity contribution in [2.75, 3.05) is 7.11 Å². The molecule has 2 rings (SSSR count). The summed E-state index contributed by atoms with van der Waals surface area (Å²) in [5.74, 6) is 0.655. The molecule has 0 N–H and O–H groups in total. The Morgan fingerprint density at radius 3 is 2.71 bits per heavy atom. The van der Waals surface area contributed by atoms with E-state index in [0.717, 1.165) is 24.1 Å². The van der Waals surface area contributed by atoms with Crippen LogP contribution in [0.3, 0.4) is 0 Å². The monoisotopic (exact) mass is 212 g/mol. The van der Waals surface area contributed by atoms with Gasteiger partial charge in [-0.1, -0.05) is 6.42 Å². The van der Waals surface area contributed by atoms with Crippen molar-refractivity contribution in [1.82, 2.24) is 9.97 Å². The maximum Gasteiger partial charge on any atom is 0.225 e. The Balaban J connectivity index is 2.46. The molecule has 0 radical (unpaired) electrons. The molecule has 0 saturated carbocycles. The molecule has 0 aliphatic heterocycles. The Morgan fingerprint density at radius 1 is 1.14 bits per heavy atom. The SMILES string of the molecule is COc1nc(Cl)nc2c1CCCCC2. The van der Waals surface area contributed by atoms with Crippen LogP contribution in [0.15, 0.2) is 0 Å². The lowest BCUT2D eigenvalue weighted by molar-refractivity contribution is 0.390. The zero-order valence-electron chi connectivity index (χ0n) is 8.22. The average molecular weight is 213 g/mol. The van der Waals surface area contributed by atoms with Crippen molar-refractivity contribution in [2.45, 2.75) is 32.1 Å². The van der Waals surface area contributed by atoms with Gasteiger partial charge in [-0.3, -0.25) is 0 Å². The Bertz CT molecular complexity index is 341. The Labute approximate surface area is 88.5 Å². The van der Waals surface area contributed by atoms with Gasteiger partial charge in [-0.25, -0.2) is 4.98 Å². The lowest BCUT2D eigenvalue weighted by Crippen LogP contribution is -2.02. The van der Waals surface area contributed by atoms with Gasteiger partial charge in [-0.15, -0.1) is 0 Å². The zero-order chi connectivity index (χ0) is 9.97. The fourth-order valence-corrected chi connectivity index (χ4v) is 2.06. The number of rotatable bonds is 1. The summed E-state index contributed by atoms with van der Waals surface area (Å²) in [6, 6.07) is 0. The molecule has 1 aromatic rings. The molecule has 0 spiro atoms. The van der Waals surface area contributed by atoms with E-state index in [9.17, 15) is 0 Å². The molecule has 1 aromatic heterocycles. The van der Waals surface area contributed by atoms with Gasteiger partial charge in [0.2, 0.25) is 11.2 Å². The van der Waals surface area contributed by atoms with Crippen LogP contribution in [0.25, 0.3) is 0 Å². The first-order chi connectivity index (χ1) is 6.81. The van der Waals surface area contributed by atoms with Crippen LogP contribution in [-0.2, 0) is 12.8 Å². The smallest absolute Gasteiger partial charge is 0.225 e. The second kappa shape index (κ2) is 4.13. The van der Waals surface area contributed by atoms with Crippen LogP contribution in [0.4, 0.5) is 0 Å². The van der Waals surface area contributed by atoms with Crippen LogP contribution >= 0.6 is 11.6 Å². The van der Waals surface area contributed by atoms with Crippen molar-refractivity contribution < 1.29 is 4.74 Å². The molecule has 76 valence electrons. The summed E-state index contributed by atoms with van der Waals surface area (Å²) in [6.07, 6.45) is 5.62. The van der Waals surface area contributed by atoms with Gasteiger partial charge in [0.15, 0.2) is 0 Å². The number of aryl methyl sites for hydroxylation is 1. The quantitative estimate of drug-likeness (QED) is 0.530. The molecule has 0 unspecified atom stereocenters. The summed E-state index contributed by atoms with van der Waals surface area (Å²) in [5.41, 5.74) is 2.22. The highest BCUT2D eigenvalue weighted by atomic mass is 35.5. The van der Waals surface area contributed by atoms with Gasteiger partial charge >= 0.3 is 0 Å². The summed E-state index contributed by atoms with van der Waals surface area (Å²) in [7, 11) is 1.63. The number of hydrogen-bond donors (Lipinski definition) is 0. The number of methoxy groups -OCH3 is 1. The largest absolute Gasteiger partial charge is 0.481 e. The molecule has 1 aliphatic rings. The first kappa shape index (κ1) is 9.71. The molecule has 0 bridgehead atoms. The van der Waals surface area contributed by atoms with Crippen molar-refractivity contribution in [3.8, 4) is 5.88 Å². The lowest BCUT2D eigenvalue weighted by Gasteiger charge is -2.09. The number of aromatic nitrogens is 2. The van der Waals surface area contributed by atoms with Gasteiger partial charge in [0.25, 0.3) is 0 Å². The van der Waals surface area contributed by atoms with Gasteiger partial charge in [0.1, 0.15) is 0 Å². The normalized spacial score (nSPS) is 15.9. The van der Waals surface area contributed by atoms with Crippen molar-refractivity contribution in [3.63, 3.8) is 0 Å². The second-order valence-electron chi connectivity index (χ2n) is 3.49. The van der Waals surface area contributed by atoms with Gasteiger partial charge in [0.05, 0.1) is 12.8 Å². The van der Waals surface area contributed by atoms with E-state index in [2.05, 4.69) is 9.97 Å². The van der Waals surface area contributed by atoms with E-state index in [-0.39, 0.29) is 0 Å². The number of halogens is 1. The average Bonchev–Trinajstić information content (AvgIpc) is 2.41. The maximum absolute atomic E-state index is 5.81. The lowest BCUT2D eigenvalue weighted by atomic mass is 10.1. The number of nitrogens with zero attached hydrogens (tertiary/aromatic N) is 2. The summed E-state index contributed by atoms with van der Waals surface area (Å²) < 4.78 is 5.21. The van der Waals surface area contributed by atoms with E-state index in [4.69, 9.17) is 16.3 Å². The minimum Gasteiger partial charge on any atom is -0.481 e. The molecule has 1 heterocycles. The minimum absolute atomic E-state index is 0.294. The highest BCUT2D eigenvalue weighted by Crippen LogP contribution is 2.26. The molecule has 3 nitrogen and oxygen atoms in total. The topological polar surface area (TPSA) is 35.0 Å². The zero-order valence-corrected chi connectivity index (χ0v) is 8.97. The van der Waals surface area contributed by atoms with Gasteiger partial charge < -0.3 is 4.74 Å². The number of fused-ring (bicyclic) bond motifs is 1. The fraction of sp³-hybridized carbons (Fsp3) is 0.600. The van der Waals surface area contributed by atoms with Gasteiger partial charge in [0, 0.05) is 5.56 Å². The number of hydrogen-bond acceptors (Lipinski definition) is 3. The molecule has 14 heavy (non-hydrogen) atoms. The highest BCUT2D eigenvalue weighted by Gasteiger charge is 2.16. The Kier molecular flexibility index (Phi) is 2.87. The third-order valence-electron chi connectivity index (χ3n) is 2.56. The molecule has 4 heteroatoms. The molecule has 0 atom stereocenters. The molecule has 0 aromatic carbocycles. The van der Waals surface area contributed by atoms with E-state index < -0.39 is 0 Å². The molecular weight excluding hydrogens is 200 g/mol. The van der Waals surface area contributed by atoms with Crippen LogP contribution in [-0.4, -0.2) is 17.1 Å². The first-order valence-corrected chi connectivity index (χ1v) is 5.28. The second-order valence-corrected chi connectivity index (χ2v) is 3.83. The number of ether oxygens (including phenoxy) is 1. The summed E-state index contributed by atoms with van der Waals surface area (Å²) in [6.45, 7) is 0. The predicted octanol–water partition coefficient (Wildman–Crippen LogP) is 2.41.